The standard InChI is InChI=1S/C15H24N4O2/c1-10-8-13(17-11(2)16-10)19-7-6-12(9-19)18-14(20)21-15(3,4)5/h8,12H,6-7,9H2,1-5H3,(H,18,20). The van der Waals surface area contributed by atoms with Crippen LogP contribution in [0.5, 0.6) is 0 Å². The van der Waals surface area contributed by atoms with Crippen LogP contribution in [0.15, 0.2) is 6.07 Å². The smallest absolute Gasteiger partial charge is 0.407 e. The number of hydrogen-bond acceptors (Lipinski definition) is 5. The Morgan fingerprint density at radius 2 is 2.10 bits per heavy atom. The quantitative estimate of drug-likeness (QED) is 0.905. The molecule has 6 nitrogen and oxygen atoms in total. The van der Waals surface area contributed by atoms with Crippen LogP contribution in [0.3, 0.4) is 0 Å². The predicted molar refractivity (Wildman–Crippen MR) is 81.5 cm³/mol. The summed E-state index contributed by atoms with van der Waals surface area (Å²) in [6.45, 7) is 11.1. The van der Waals surface area contributed by atoms with E-state index in [2.05, 4.69) is 20.2 Å². The molecule has 1 aromatic heterocycles. The number of rotatable bonds is 2. The van der Waals surface area contributed by atoms with E-state index in [1.807, 2.05) is 40.7 Å². The zero-order valence-corrected chi connectivity index (χ0v) is 13.4. The first-order chi connectivity index (χ1) is 9.73. The third kappa shape index (κ3) is 4.58. The molecule has 1 atom stereocenters. The lowest BCUT2D eigenvalue weighted by atomic mass is 10.2. The first kappa shape index (κ1) is 15.5. The SMILES string of the molecule is Cc1cc(N2CCC(NC(=O)OC(C)(C)C)C2)nc(C)n1. The Labute approximate surface area is 125 Å². The second-order valence-corrected chi connectivity index (χ2v) is 6.49. The zero-order valence-electron chi connectivity index (χ0n) is 13.4. The Morgan fingerprint density at radius 3 is 2.71 bits per heavy atom. The molecule has 6 heteroatoms. The fourth-order valence-electron chi connectivity index (χ4n) is 2.42. The van der Waals surface area contributed by atoms with E-state index in [-0.39, 0.29) is 12.1 Å². The fraction of sp³-hybridized carbons (Fsp3) is 0.667. The molecule has 0 saturated carbocycles. The number of carbonyl (C=O) groups excluding carboxylic acids is 1. The topological polar surface area (TPSA) is 67.4 Å². The maximum absolute atomic E-state index is 11.8. The summed E-state index contributed by atoms with van der Waals surface area (Å²) >= 11 is 0. The van der Waals surface area contributed by atoms with Crippen molar-refractivity contribution in [2.24, 2.45) is 0 Å². The summed E-state index contributed by atoms with van der Waals surface area (Å²) in [5, 5.41) is 2.92. The average Bonchev–Trinajstić information content (AvgIpc) is 2.73. The minimum atomic E-state index is -0.469. The summed E-state index contributed by atoms with van der Waals surface area (Å²) in [4.78, 5) is 22.7. The molecule has 1 N–H and O–H groups in total. The molecule has 1 unspecified atom stereocenters. The molecule has 1 saturated heterocycles. The van der Waals surface area contributed by atoms with Crippen molar-refractivity contribution in [3.05, 3.63) is 17.6 Å². The lowest BCUT2D eigenvalue weighted by Gasteiger charge is -2.22. The van der Waals surface area contributed by atoms with Crippen LogP contribution in [0, 0.1) is 13.8 Å². The highest BCUT2D eigenvalue weighted by molar-refractivity contribution is 5.68. The van der Waals surface area contributed by atoms with Gasteiger partial charge in [0.05, 0.1) is 6.04 Å². The summed E-state index contributed by atoms with van der Waals surface area (Å²) in [5.41, 5.74) is 0.490. The molecule has 21 heavy (non-hydrogen) atoms. The van der Waals surface area contributed by atoms with Crippen molar-refractivity contribution in [1.29, 1.82) is 0 Å². The van der Waals surface area contributed by atoms with Crippen LogP contribution in [-0.4, -0.2) is 40.8 Å². The first-order valence-electron chi connectivity index (χ1n) is 7.30. The first-order valence-corrected chi connectivity index (χ1v) is 7.30. The average molecular weight is 292 g/mol. The molecular weight excluding hydrogens is 268 g/mol. The largest absolute Gasteiger partial charge is 0.444 e. The van der Waals surface area contributed by atoms with Gasteiger partial charge in [0.15, 0.2) is 0 Å². The molecule has 0 spiro atoms. The van der Waals surface area contributed by atoms with Gasteiger partial charge in [-0.3, -0.25) is 0 Å². The van der Waals surface area contributed by atoms with E-state index in [9.17, 15) is 4.79 Å². The van der Waals surface area contributed by atoms with Crippen molar-refractivity contribution < 1.29 is 9.53 Å². The number of nitrogens with zero attached hydrogens (tertiary/aromatic N) is 3. The number of nitrogens with one attached hydrogen (secondary N) is 1. The third-order valence-corrected chi connectivity index (χ3v) is 3.19. The zero-order chi connectivity index (χ0) is 15.6. The summed E-state index contributed by atoms with van der Waals surface area (Å²) in [6, 6.07) is 2.07. The van der Waals surface area contributed by atoms with Crippen LogP contribution in [0.25, 0.3) is 0 Å². The minimum absolute atomic E-state index is 0.0930. The van der Waals surface area contributed by atoms with Gasteiger partial charge in [0.2, 0.25) is 0 Å². The van der Waals surface area contributed by atoms with E-state index >= 15 is 0 Å². The highest BCUT2D eigenvalue weighted by Gasteiger charge is 2.27. The van der Waals surface area contributed by atoms with Gasteiger partial charge in [0.25, 0.3) is 0 Å². The number of hydrogen-bond donors (Lipinski definition) is 1. The lowest BCUT2D eigenvalue weighted by molar-refractivity contribution is 0.0509. The molecule has 0 aliphatic carbocycles. The summed E-state index contributed by atoms with van der Waals surface area (Å²) < 4.78 is 5.28. The number of aromatic nitrogens is 2. The molecule has 0 aromatic carbocycles. The molecule has 0 radical (unpaired) electrons. The van der Waals surface area contributed by atoms with Gasteiger partial charge in [-0.2, -0.15) is 0 Å². The van der Waals surface area contributed by atoms with E-state index < -0.39 is 5.60 Å². The van der Waals surface area contributed by atoms with Crippen molar-refractivity contribution in [3.63, 3.8) is 0 Å². The van der Waals surface area contributed by atoms with Gasteiger partial charge < -0.3 is 15.0 Å². The molecular formula is C15H24N4O2. The molecule has 1 aliphatic rings. The second kappa shape index (κ2) is 5.87. The Morgan fingerprint density at radius 1 is 1.38 bits per heavy atom. The molecule has 1 fully saturated rings. The van der Waals surface area contributed by atoms with Gasteiger partial charge in [-0.1, -0.05) is 0 Å². The van der Waals surface area contributed by atoms with Crippen LogP contribution in [-0.2, 0) is 4.74 Å². The van der Waals surface area contributed by atoms with Gasteiger partial charge in [-0.05, 0) is 41.0 Å². The third-order valence-electron chi connectivity index (χ3n) is 3.19. The predicted octanol–water partition coefficient (Wildman–Crippen LogP) is 2.20. The highest BCUT2D eigenvalue weighted by Crippen LogP contribution is 2.19. The molecule has 2 rings (SSSR count). The van der Waals surface area contributed by atoms with Crippen LogP contribution in [0.4, 0.5) is 10.6 Å². The fourth-order valence-corrected chi connectivity index (χ4v) is 2.42. The van der Waals surface area contributed by atoms with Crippen molar-refractivity contribution in [1.82, 2.24) is 15.3 Å². The number of carbonyl (C=O) groups is 1. The van der Waals surface area contributed by atoms with E-state index in [0.717, 1.165) is 36.8 Å². The van der Waals surface area contributed by atoms with Crippen LogP contribution in [0.1, 0.15) is 38.7 Å². The Bertz CT molecular complexity index is 505. The van der Waals surface area contributed by atoms with Gasteiger partial charge in [-0.25, -0.2) is 14.8 Å². The minimum Gasteiger partial charge on any atom is -0.444 e. The van der Waals surface area contributed by atoms with Gasteiger partial charge in [0, 0.05) is 24.8 Å². The van der Waals surface area contributed by atoms with Crippen molar-refractivity contribution in [2.75, 3.05) is 18.0 Å². The molecule has 1 aliphatic heterocycles. The Hall–Kier alpha value is -1.85. The number of alkyl carbamates (subject to hydrolysis) is 1. The summed E-state index contributed by atoms with van der Waals surface area (Å²) in [7, 11) is 0. The summed E-state index contributed by atoms with van der Waals surface area (Å²) in [5.74, 6) is 1.70. The summed E-state index contributed by atoms with van der Waals surface area (Å²) in [6.07, 6.45) is 0.533. The van der Waals surface area contributed by atoms with Crippen LogP contribution in [0.2, 0.25) is 0 Å². The van der Waals surface area contributed by atoms with E-state index in [1.165, 1.54) is 0 Å². The molecule has 0 bridgehead atoms. The second-order valence-electron chi connectivity index (χ2n) is 6.49. The number of anilines is 1. The van der Waals surface area contributed by atoms with Crippen LogP contribution < -0.4 is 10.2 Å². The van der Waals surface area contributed by atoms with Gasteiger partial charge in [-0.15, -0.1) is 0 Å². The number of amides is 1. The van der Waals surface area contributed by atoms with Crippen molar-refractivity contribution >= 4 is 11.9 Å². The van der Waals surface area contributed by atoms with E-state index in [0.29, 0.717) is 0 Å². The maximum Gasteiger partial charge on any atom is 0.407 e. The highest BCUT2D eigenvalue weighted by atomic mass is 16.6. The molecule has 116 valence electrons. The number of aryl methyl sites for hydroxylation is 2. The molecule has 1 amide bonds. The van der Waals surface area contributed by atoms with Gasteiger partial charge >= 0.3 is 6.09 Å². The Balaban J connectivity index is 1.93. The van der Waals surface area contributed by atoms with E-state index in [1.54, 1.807) is 0 Å². The maximum atomic E-state index is 11.8. The Kier molecular flexibility index (Phi) is 4.34. The normalized spacial score (nSPS) is 18.7. The van der Waals surface area contributed by atoms with Crippen molar-refractivity contribution in [3.8, 4) is 0 Å². The van der Waals surface area contributed by atoms with Gasteiger partial charge in [0.1, 0.15) is 17.2 Å². The molecule has 1 aromatic rings. The van der Waals surface area contributed by atoms with Crippen LogP contribution >= 0.6 is 0 Å². The van der Waals surface area contributed by atoms with E-state index in [4.69, 9.17) is 4.74 Å². The monoisotopic (exact) mass is 292 g/mol. The lowest BCUT2D eigenvalue weighted by Crippen LogP contribution is -2.40. The number of ether oxygens (including phenoxy) is 1. The molecule has 2 heterocycles. The van der Waals surface area contributed by atoms with Crippen molar-refractivity contribution in [2.45, 2.75) is 52.7 Å².